The lowest BCUT2D eigenvalue weighted by Crippen LogP contribution is -2.48. The molecule has 1 aromatic carbocycles. The first-order valence-corrected chi connectivity index (χ1v) is 14.5. The Morgan fingerprint density at radius 3 is 2.38 bits per heavy atom. The van der Waals surface area contributed by atoms with Gasteiger partial charge in [0.05, 0.1) is 68.5 Å². The highest BCUT2D eigenvalue weighted by molar-refractivity contribution is 6.41. The number of pyridine rings is 1. The average molecular weight is 616 g/mol. The van der Waals surface area contributed by atoms with Crippen molar-refractivity contribution in [1.29, 1.82) is 0 Å². The standard InChI is InChI=1S/C29H32Cl2N6O5/c1-4-19(38)5-16-9-37(18-13-42-14-18)10-21(16)35-29-32-8-15-6-20(34-28(27(15)36-29)33-17-11-41-12-17)24-25(30)22(39-2)7-23(40-3)26(24)31/h4,6-8,16-18,21H,1,5,9-14H2,2-3H3,(H,33,34)(H,32,35,36)/t16-,21+/m0/s1. The lowest BCUT2D eigenvalue weighted by molar-refractivity contribution is -0.115. The van der Waals surface area contributed by atoms with Gasteiger partial charge in [0, 0.05) is 54.7 Å². The fraction of sp³-hybridized carbons (Fsp3) is 0.448. The number of rotatable bonds is 11. The first-order chi connectivity index (χ1) is 20.4. The Balaban J connectivity index is 1.36. The number of benzene rings is 1. The lowest BCUT2D eigenvalue weighted by atomic mass is 9.97. The zero-order valence-corrected chi connectivity index (χ0v) is 24.9. The van der Waals surface area contributed by atoms with Crippen LogP contribution in [-0.2, 0) is 14.3 Å². The largest absolute Gasteiger partial charge is 0.495 e. The van der Waals surface area contributed by atoms with Crippen molar-refractivity contribution < 1.29 is 23.7 Å². The van der Waals surface area contributed by atoms with Crippen LogP contribution < -0.4 is 20.1 Å². The van der Waals surface area contributed by atoms with Gasteiger partial charge in [0.1, 0.15) is 17.0 Å². The van der Waals surface area contributed by atoms with Crippen LogP contribution in [-0.4, -0.2) is 97.5 Å². The van der Waals surface area contributed by atoms with Gasteiger partial charge in [-0.3, -0.25) is 9.69 Å². The van der Waals surface area contributed by atoms with Gasteiger partial charge in [0.15, 0.2) is 11.6 Å². The number of fused-ring (bicyclic) bond motifs is 1. The number of nitrogens with one attached hydrogen (secondary N) is 2. The van der Waals surface area contributed by atoms with Gasteiger partial charge >= 0.3 is 0 Å². The molecular formula is C29H32Cl2N6O5. The molecule has 3 aliphatic heterocycles. The molecule has 3 saturated heterocycles. The number of carbonyl (C=O) groups is 1. The summed E-state index contributed by atoms with van der Waals surface area (Å²) in [4.78, 5) is 29.1. The van der Waals surface area contributed by atoms with Crippen molar-refractivity contribution in [3.05, 3.63) is 41.0 Å². The molecule has 6 rings (SSSR count). The molecule has 0 bridgehead atoms. The number of allylic oxidation sites excluding steroid dienone is 1. The summed E-state index contributed by atoms with van der Waals surface area (Å²) < 4.78 is 21.7. The van der Waals surface area contributed by atoms with Gasteiger partial charge in [-0.2, -0.15) is 0 Å². The summed E-state index contributed by atoms with van der Waals surface area (Å²) in [5.41, 5.74) is 1.62. The summed E-state index contributed by atoms with van der Waals surface area (Å²) in [6.45, 7) is 7.74. The number of ether oxygens (including phenoxy) is 4. The summed E-state index contributed by atoms with van der Waals surface area (Å²) in [5.74, 6) is 1.94. The third kappa shape index (κ3) is 5.59. The quantitative estimate of drug-likeness (QED) is 0.304. The number of methoxy groups -OCH3 is 2. The van der Waals surface area contributed by atoms with Gasteiger partial charge in [0.2, 0.25) is 5.95 Å². The number of hydrogen-bond donors (Lipinski definition) is 2. The Morgan fingerprint density at radius 2 is 1.79 bits per heavy atom. The minimum absolute atomic E-state index is 0.0162. The van der Waals surface area contributed by atoms with Crippen molar-refractivity contribution in [2.75, 3.05) is 64.4 Å². The molecule has 13 heteroatoms. The molecule has 0 aliphatic carbocycles. The molecular weight excluding hydrogens is 583 g/mol. The number of carbonyl (C=O) groups excluding carboxylic acids is 1. The molecule has 0 saturated carbocycles. The lowest BCUT2D eigenvalue weighted by Gasteiger charge is -2.34. The second kappa shape index (κ2) is 12.2. The normalized spacial score (nSPS) is 21.0. The summed E-state index contributed by atoms with van der Waals surface area (Å²) in [6.07, 6.45) is 3.54. The van der Waals surface area contributed by atoms with E-state index < -0.39 is 0 Å². The number of hydrogen-bond acceptors (Lipinski definition) is 11. The number of likely N-dealkylation sites (tertiary alicyclic amines) is 1. The Morgan fingerprint density at radius 1 is 1.07 bits per heavy atom. The van der Waals surface area contributed by atoms with Crippen LogP contribution in [0.4, 0.5) is 11.8 Å². The molecule has 3 aromatic rings. The zero-order valence-electron chi connectivity index (χ0n) is 23.4. The maximum atomic E-state index is 12.3. The molecule has 2 atom stereocenters. The molecule has 0 unspecified atom stereocenters. The zero-order chi connectivity index (χ0) is 29.4. The first-order valence-electron chi connectivity index (χ1n) is 13.7. The van der Waals surface area contributed by atoms with Crippen LogP contribution in [0, 0.1) is 5.92 Å². The average Bonchev–Trinajstić information content (AvgIpc) is 3.30. The summed E-state index contributed by atoms with van der Waals surface area (Å²) >= 11 is 13.5. The minimum Gasteiger partial charge on any atom is -0.495 e. The van der Waals surface area contributed by atoms with Gasteiger partial charge < -0.3 is 29.6 Å². The van der Waals surface area contributed by atoms with Crippen LogP contribution in [0.1, 0.15) is 6.42 Å². The predicted molar refractivity (Wildman–Crippen MR) is 161 cm³/mol. The van der Waals surface area contributed by atoms with Crippen LogP contribution in [0.5, 0.6) is 11.5 Å². The van der Waals surface area contributed by atoms with E-state index in [-0.39, 0.29) is 23.8 Å². The van der Waals surface area contributed by atoms with E-state index in [0.29, 0.717) is 89.0 Å². The maximum absolute atomic E-state index is 12.3. The van der Waals surface area contributed by atoms with Crippen LogP contribution in [0.25, 0.3) is 22.2 Å². The molecule has 2 N–H and O–H groups in total. The number of halogens is 2. The first kappa shape index (κ1) is 28.9. The predicted octanol–water partition coefficient (Wildman–Crippen LogP) is 4.08. The summed E-state index contributed by atoms with van der Waals surface area (Å²) in [7, 11) is 3.05. The third-order valence-electron chi connectivity index (χ3n) is 7.99. The monoisotopic (exact) mass is 614 g/mol. The van der Waals surface area contributed by atoms with E-state index in [1.54, 1.807) is 12.3 Å². The van der Waals surface area contributed by atoms with Gasteiger partial charge in [-0.15, -0.1) is 0 Å². The number of anilines is 2. The van der Waals surface area contributed by atoms with Crippen LogP contribution in [0.15, 0.2) is 31.0 Å². The van der Waals surface area contributed by atoms with E-state index in [4.69, 9.17) is 52.1 Å². The smallest absolute Gasteiger partial charge is 0.223 e. The summed E-state index contributed by atoms with van der Waals surface area (Å²) in [6, 6.07) is 3.91. The highest BCUT2D eigenvalue weighted by Crippen LogP contribution is 2.46. The van der Waals surface area contributed by atoms with Crippen LogP contribution in [0.3, 0.4) is 0 Å². The molecule has 11 nitrogen and oxygen atoms in total. The molecule has 0 radical (unpaired) electrons. The number of ketones is 1. The van der Waals surface area contributed by atoms with Crippen LogP contribution in [0.2, 0.25) is 10.0 Å². The number of aromatic nitrogens is 3. The van der Waals surface area contributed by atoms with E-state index in [9.17, 15) is 4.79 Å². The Kier molecular flexibility index (Phi) is 8.37. The van der Waals surface area contributed by atoms with Crippen molar-refractivity contribution in [2.45, 2.75) is 24.5 Å². The second-order valence-electron chi connectivity index (χ2n) is 10.7. The van der Waals surface area contributed by atoms with Crippen molar-refractivity contribution in [3.8, 4) is 22.8 Å². The van der Waals surface area contributed by atoms with E-state index in [1.165, 1.54) is 20.3 Å². The van der Waals surface area contributed by atoms with Crippen molar-refractivity contribution in [1.82, 2.24) is 19.9 Å². The van der Waals surface area contributed by atoms with Crippen LogP contribution >= 0.6 is 23.2 Å². The van der Waals surface area contributed by atoms with Gasteiger partial charge in [-0.1, -0.05) is 29.8 Å². The van der Waals surface area contributed by atoms with Gasteiger partial charge in [-0.05, 0) is 12.1 Å². The van der Waals surface area contributed by atoms with Crippen molar-refractivity contribution in [3.63, 3.8) is 0 Å². The van der Waals surface area contributed by atoms with Crippen molar-refractivity contribution >= 4 is 51.7 Å². The molecule has 222 valence electrons. The highest BCUT2D eigenvalue weighted by atomic mass is 35.5. The second-order valence-corrected chi connectivity index (χ2v) is 11.4. The topological polar surface area (TPSA) is 120 Å². The summed E-state index contributed by atoms with van der Waals surface area (Å²) in [5, 5.41) is 8.32. The highest BCUT2D eigenvalue weighted by Gasteiger charge is 2.39. The molecule has 2 aromatic heterocycles. The molecule has 5 heterocycles. The van der Waals surface area contributed by atoms with E-state index >= 15 is 0 Å². The van der Waals surface area contributed by atoms with E-state index in [1.807, 2.05) is 6.07 Å². The molecule has 42 heavy (non-hydrogen) atoms. The maximum Gasteiger partial charge on any atom is 0.223 e. The molecule has 3 aliphatic rings. The molecule has 0 spiro atoms. The SMILES string of the molecule is C=CC(=O)C[C@H]1CN(C2COC2)C[C@H]1Nc1ncc2cc(-c3c(Cl)c(OC)cc(OC)c3Cl)nc(NC3COC3)c2n1. The Bertz CT molecular complexity index is 1490. The van der Waals surface area contributed by atoms with Gasteiger partial charge in [0.25, 0.3) is 0 Å². The fourth-order valence-corrected chi connectivity index (χ4v) is 6.17. The number of nitrogens with zero attached hydrogens (tertiary/aromatic N) is 4. The third-order valence-corrected chi connectivity index (χ3v) is 8.74. The van der Waals surface area contributed by atoms with Gasteiger partial charge in [-0.25, -0.2) is 15.0 Å². The van der Waals surface area contributed by atoms with E-state index in [0.717, 1.165) is 18.5 Å². The Labute approximate surface area is 253 Å². The van der Waals surface area contributed by atoms with Crippen molar-refractivity contribution in [2.24, 2.45) is 5.92 Å². The molecule has 3 fully saturated rings. The molecule has 0 amide bonds. The Hall–Kier alpha value is -3.22. The fourth-order valence-electron chi connectivity index (χ4n) is 5.48. The minimum atomic E-state index is -0.0162. The van der Waals surface area contributed by atoms with E-state index in [2.05, 4.69) is 27.1 Å².